The van der Waals surface area contributed by atoms with Gasteiger partial charge in [-0.05, 0) is 82.3 Å². The maximum Gasteiger partial charge on any atom is 0.253 e. The maximum absolute atomic E-state index is 12.4. The molecule has 2 aliphatic rings. The van der Waals surface area contributed by atoms with E-state index in [9.17, 15) is 24.0 Å². The zero-order valence-electron chi connectivity index (χ0n) is 32.6. The zero-order chi connectivity index (χ0) is 39.1. The van der Waals surface area contributed by atoms with Gasteiger partial charge in [-0.2, -0.15) is 0 Å². The third kappa shape index (κ3) is 29.6. The first kappa shape index (κ1) is 51.5. The molecule has 13 heteroatoms. The lowest BCUT2D eigenvalue weighted by Gasteiger charge is -2.17. The Morgan fingerprint density at radius 2 is 1.04 bits per heavy atom. The van der Waals surface area contributed by atoms with Gasteiger partial charge < -0.3 is 41.6 Å². The summed E-state index contributed by atoms with van der Waals surface area (Å²) in [6.07, 6.45) is 13.4. The van der Waals surface area contributed by atoms with Crippen molar-refractivity contribution in [3.63, 3.8) is 0 Å². The molecule has 2 heterocycles. The second-order valence-electron chi connectivity index (χ2n) is 12.3. The molecule has 0 aromatic heterocycles. The molecule has 13 nitrogen and oxygen atoms in total. The van der Waals surface area contributed by atoms with Crippen LogP contribution in [0.15, 0.2) is 24.3 Å². The fraction of sp³-hybridized carbons (Fsp3) is 0.684. The van der Waals surface area contributed by atoms with E-state index < -0.39 is 0 Å². The molecule has 0 bridgehead atoms. The van der Waals surface area contributed by atoms with E-state index in [1.807, 2.05) is 18.7 Å². The van der Waals surface area contributed by atoms with Gasteiger partial charge in [0.1, 0.15) is 6.79 Å². The molecule has 294 valence electrons. The third-order valence-electron chi connectivity index (χ3n) is 7.66. The van der Waals surface area contributed by atoms with Crippen LogP contribution in [-0.4, -0.2) is 113 Å². The molecule has 1 aromatic carbocycles. The highest BCUT2D eigenvalue weighted by molar-refractivity contribution is 5.98. The normalized spacial score (nSPS) is 15.2. The standard InChI is InChI=1S/C17H23N3O2.3C5H11NO.C5H13N.CH2O/c1-12-6-8-19(10-12)16(21)13-2-4-14(5-3-13)17(22)20-9-7-15(18)11-20;3*1-2-3-4-6-5-7;1-3-4-5-6-2;1-2/h2-5,12,15H,6-11,18H2,1H3;3*5H,2-4H2,1H3,(H,6,7);6H,3-5H2,1-2H3;1H2. The number of amides is 5. The van der Waals surface area contributed by atoms with Gasteiger partial charge >= 0.3 is 0 Å². The minimum Gasteiger partial charge on any atom is -0.359 e. The molecule has 2 fully saturated rings. The molecule has 6 N–H and O–H groups in total. The van der Waals surface area contributed by atoms with Gasteiger partial charge in [0.2, 0.25) is 19.2 Å². The van der Waals surface area contributed by atoms with Crippen molar-refractivity contribution in [3.05, 3.63) is 35.4 Å². The first-order valence-electron chi connectivity index (χ1n) is 18.6. The number of hydrogen-bond donors (Lipinski definition) is 5. The van der Waals surface area contributed by atoms with Crippen LogP contribution in [0.25, 0.3) is 0 Å². The van der Waals surface area contributed by atoms with E-state index >= 15 is 0 Å². The number of nitrogens with one attached hydrogen (secondary N) is 4. The van der Waals surface area contributed by atoms with Gasteiger partial charge in [0, 0.05) is 63.0 Å². The summed E-state index contributed by atoms with van der Waals surface area (Å²) >= 11 is 0. The lowest BCUT2D eigenvalue weighted by molar-refractivity contribution is -0.110. The molecule has 2 atom stereocenters. The fourth-order valence-corrected chi connectivity index (χ4v) is 4.58. The first-order valence-corrected chi connectivity index (χ1v) is 18.6. The Morgan fingerprint density at radius 1 is 0.686 bits per heavy atom. The monoisotopic (exact) mass is 722 g/mol. The molecule has 2 aliphatic heterocycles. The van der Waals surface area contributed by atoms with E-state index in [0.717, 1.165) is 110 Å². The highest BCUT2D eigenvalue weighted by Crippen LogP contribution is 2.19. The Morgan fingerprint density at radius 3 is 1.29 bits per heavy atom. The number of carbonyl (C=O) groups is 6. The van der Waals surface area contributed by atoms with Gasteiger partial charge in [-0.15, -0.1) is 0 Å². The van der Waals surface area contributed by atoms with E-state index in [1.165, 1.54) is 12.8 Å². The first-order chi connectivity index (χ1) is 24.7. The number of nitrogens with zero attached hydrogens (tertiary/aromatic N) is 2. The van der Waals surface area contributed by atoms with Gasteiger partial charge in [-0.25, -0.2) is 0 Å². The Labute approximate surface area is 308 Å². The summed E-state index contributed by atoms with van der Waals surface area (Å²) in [4.78, 5) is 65.1. The molecule has 3 rings (SSSR count). The number of likely N-dealkylation sites (tertiary alicyclic amines) is 2. The van der Waals surface area contributed by atoms with Crippen molar-refractivity contribution in [3.8, 4) is 0 Å². The molecular weight excluding hydrogens is 650 g/mol. The second-order valence-corrected chi connectivity index (χ2v) is 12.3. The number of carbonyl (C=O) groups excluding carboxylic acids is 6. The molecule has 0 spiro atoms. The molecule has 5 amide bonds. The molecular formula is C38H71N7O6. The second kappa shape index (κ2) is 39.0. The van der Waals surface area contributed by atoms with Crippen molar-refractivity contribution in [1.29, 1.82) is 0 Å². The van der Waals surface area contributed by atoms with Gasteiger partial charge in [0.15, 0.2) is 0 Å². The number of unbranched alkanes of at least 4 members (excludes halogenated alkanes) is 4. The van der Waals surface area contributed by atoms with Crippen molar-refractivity contribution in [2.75, 3.05) is 59.4 Å². The van der Waals surface area contributed by atoms with Crippen molar-refractivity contribution in [2.24, 2.45) is 11.7 Å². The Hall–Kier alpha value is -3.84. The summed E-state index contributed by atoms with van der Waals surface area (Å²) in [5, 5.41) is 10.8. The lowest BCUT2D eigenvalue weighted by Crippen LogP contribution is -2.32. The van der Waals surface area contributed by atoms with Crippen molar-refractivity contribution >= 4 is 37.8 Å². The van der Waals surface area contributed by atoms with Crippen molar-refractivity contribution in [1.82, 2.24) is 31.1 Å². The highest BCUT2D eigenvalue weighted by Gasteiger charge is 2.26. The Balaban J connectivity index is -0.000000657. The fourth-order valence-electron chi connectivity index (χ4n) is 4.58. The van der Waals surface area contributed by atoms with Crippen LogP contribution >= 0.6 is 0 Å². The quantitative estimate of drug-likeness (QED) is 0.119. The van der Waals surface area contributed by atoms with Gasteiger partial charge in [-0.1, -0.05) is 60.3 Å². The van der Waals surface area contributed by atoms with Crippen LogP contribution < -0.4 is 27.0 Å². The number of nitrogens with two attached hydrogens (primary N) is 1. The summed E-state index contributed by atoms with van der Waals surface area (Å²) in [5.74, 6) is 0.637. The summed E-state index contributed by atoms with van der Waals surface area (Å²) in [6, 6.07) is 7.10. The van der Waals surface area contributed by atoms with Crippen molar-refractivity contribution in [2.45, 2.75) is 105 Å². The molecule has 0 saturated carbocycles. The maximum atomic E-state index is 12.4. The predicted octanol–water partition coefficient (Wildman–Crippen LogP) is 3.76. The Kier molecular flexibility index (Phi) is 39.4. The average molecular weight is 722 g/mol. The minimum absolute atomic E-state index is 0.00161. The molecule has 1 aromatic rings. The number of hydrogen-bond acceptors (Lipinski definition) is 8. The van der Waals surface area contributed by atoms with Gasteiger partial charge in [0.05, 0.1) is 0 Å². The van der Waals surface area contributed by atoms with Crippen LogP contribution in [0, 0.1) is 5.92 Å². The van der Waals surface area contributed by atoms with E-state index in [4.69, 9.17) is 10.5 Å². The van der Waals surface area contributed by atoms with Crippen LogP contribution in [-0.2, 0) is 19.2 Å². The van der Waals surface area contributed by atoms with Crippen molar-refractivity contribution < 1.29 is 28.8 Å². The molecule has 0 radical (unpaired) electrons. The van der Waals surface area contributed by atoms with Crippen LogP contribution in [0.5, 0.6) is 0 Å². The number of rotatable bonds is 17. The summed E-state index contributed by atoms with van der Waals surface area (Å²) < 4.78 is 0. The molecule has 2 saturated heterocycles. The van der Waals surface area contributed by atoms with Crippen LogP contribution in [0.1, 0.15) is 120 Å². The molecule has 0 aliphatic carbocycles. The highest BCUT2D eigenvalue weighted by atomic mass is 16.2. The van der Waals surface area contributed by atoms with Gasteiger partial charge in [-0.3, -0.25) is 24.0 Å². The van der Waals surface area contributed by atoms with E-state index in [0.29, 0.717) is 30.1 Å². The largest absolute Gasteiger partial charge is 0.359 e. The summed E-state index contributed by atoms with van der Waals surface area (Å²) in [5.41, 5.74) is 7.12. The third-order valence-corrected chi connectivity index (χ3v) is 7.66. The van der Waals surface area contributed by atoms with Crippen LogP contribution in [0.4, 0.5) is 0 Å². The zero-order valence-corrected chi connectivity index (χ0v) is 32.6. The van der Waals surface area contributed by atoms with Crippen LogP contribution in [0.2, 0.25) is 0 Å². The smallest absolute Gasteiger partial charge is 0.253 e. The van der Waals surface area contributed by atoms with Gasteiger partial charge in [0.25, 0.3) is 11.8 Å². The number of benzene rings is 1. The predicted molar refractivity (Wildman–Crippen MR) is 208 cm³/mol. The summed E-state index contributed by atoms with van der Waals surface area (Å²) in [7, 11) is 1.98. The molecule has 51 heavy (non-hydrogen) atoms. The SMILES string of the molecule is C=O.CC1CCN(C(=O)c2ccc(C(=O)N3CCC(N)C3)cc2)C1.CCCCNC.CCCCNC=O.CCCCNC=O.CCCCNC=O. The van der Waals surface area contributed by atoms with E-state index in [2.05, 4.69) is 55.9 Å². The minimum atomic E-state index is 0.00161. The van der Waals surface area contributed by atoms with E-state index in [-0.39, 0.29) is 17.9 Å². The molecule has 2 unspecified atom stereocenters. The van der Waals surface area contributed by atoms with E-state index in [1.54, 1.807) is 29.2 Å². The Bertz CT molecular complexity index is 896. The summed E-state index contributed by atoms with van der Waals surface area (Å²) in [6.45, 7) is 19.2. The van der Waals surface area contributed by atoms with Crippen LogP contribution in [0.3, 0.4) is 0 Å². The topological polar surface area (TPSA) is 183 Å². The average Bonchev–Trinajstić information content (AvgIpc) is 3.81. The lowest BCUT2D eigenvalue weighted by atomic mass is 10.1.